The summed E-state index contributed by atoms with van der Waals surface area (Å²) in [6, 6.07) is 0. The molecule has 0 fully saturated rings. The Labute approximate surface area is 543 Å². The van der Waals surface area contributed by atoms with Crippen LogP contribution in [0, 0.1) is 5.41 Å². The smallest absolute Gasteiger partial charge is 0.222 e. The molecule has 0 aromatic rings. The molecule has 0 radical (unpaired) electrons. The van der Waals surface area contributed by atoms with Gasteiger partial charge >= 0.3 is 0 Å². The van der Waals surface area contributed by atoms with Gasteiger partial charge in [0, 0.05) is 104 Å². The van der Waals surface area contributed by atoms with E-state index in [1.54, 1.807) is 0 Å². The maximum absolute atomic E-state index is 12.5. The van der Waals surface area contributed by atoms with E-state index in [4.69, 9.17) is 77.3 Å². The van der Waals surface area contributed by atoms with Crippen LogP contribution in [0.3, 0.4) is 0 Å². The van der Waals surface area contributed by atoms with E-state index >= 15 is 0 Å². The first-order chi connectivity index (χ1) is 45.1. The van der Waals surface area contributed by atoms with Gasteiger partial charge in [-0.25, -0.2) is 0 Å². The number of ether oxygens (including phenoxy) is 12. The highest BCUT2D eigenvalue weighted by Crippen LogP contribution is 2.23. The SMILES string of the molecule is O=C(CCOCC(COCC(COCC(COCCC(=O)NCCO)OCCC(=O)NCCO)(COCC(COCCC(=O)NCCO)OCCC(=O)NCCO)COCC(COCCC(=O)NCCO)OCCC(=O)NCCO)OCCC(=O)NCCO)NCCO. The highest BCUT2D eigenvalue weighted by molar-refractivity contribution is 5.78. The number of nitrogens with one attached hydrogen (secondary N) is 8. The van der Waals surface area contributed by atoms with Crippen LogP contribution in [0.5, 0.6) is 0 Å². The predicted octanol–water partition coefficient (Wildman–Crippen LogP) is -8.36. The minimum absolute atomic E-state index is 0.00902. The maximum atomic E-state index is 12.5. The molecule has 0 spiro atoms. The summed E-state index contributed by atoms with van der Waals surface area (Å²) in [5.41, 5.74) is -1.39. The first kappa shape index (κ1) is 88.0. The minimum Gasteiger partial charge on any atom is -0.395 e. The van der Waals surface area contributed by atoms with Crippen LogP contribution in [0.25, 0.3) is 0 Å². The van der Waals surface area contributed by atoms with Crippen molar-refractivity contribution in [2.75, 3.05) is 237 Å². The van der Waals surface area contributed by atoms with E-state index in [0.29, 0.717) is 0 Å². The van der Waals surface area contributed by atoms with Crippen LogP contribution in [0.15, 0.2) is 0 Å². The molecule has 544 valence electrons. The van der Waals surface area contributed by atoms with Crippen LogP contribution in [0.2, 0.25) is 0 Å². The summed E-state index contributed by atoms with van der Waals surface area (Å²) in [5, 5.41) is 93.8. The Hall–Kier alpha value is -5.04. The molecule has 0 aliphatic carbocycles. The zero-order valence-corrected chi connectivity index (χ0v) is 53.7. The van der Waals surface area contributed by atoms with Gasteiger partial charge in [0.1, 0.15) is 24.4 Å². The van der Waals surface area contributed by atoms with Crippen LogP contribution in [0.1, 0.15) is 51.4 Å². The fraction of sp³-hybridized carbons (Fsp3) is 0.860. The maximum Gasteiger partial charge on any atom is 0.222 e. The van der Waals surface area contributed by atoms with Gasteiger partial charge < -0.3 is 140 Å². The van der Waals surface area contributed by atoms with Gasteiger partial charge in [0.2, 0.25) is 47.3 Å². The summed E-state index contributed by atoms with van der Waals surface area (Å²) in [5.74, 6) is -3.22. The van der Waals surface area contributed by atoms with Gasteiger partial charge in [0.05, 0.1) is 190 Å². The Balaban J connectivity index is 7.58. The lowest BCUT2D eigenvalue weighted by Gasteiger charge is -2.35. The molecule has 0 aromatic carbocycles. The lowest BCUT2D eigenvalue weighted by Crippen LogP contribution is -2.45. The lowest BCUT2D eigenvalue weighted by molar-refractivity contribution is -0.154. The molecule has 36 nitrogen and oxygen atoms in total. The topological polar surface area (TPSA) is 505 Å². The molecule has 4 atom stereocenters. The molecule has 0 saturated carbocycles. The monoisotopic (exact) mass is 1350 g/mol. The van der Waals surface area contributed by atoms with E-state index in [9.17, 15) is 58.8 Å². The second kappa shape index (κ2) is 63.0. The van der Waals surface area contributed by atoms with Crippen molar-refractivity contribution in [2.45, 2.75) is 75.8 Å². The van der Waals surface area contributed by atoms with Crippen molar-refractivity contribution in [3.63, 3.8) is 0 Å². The fourth-order valence-electron chi connectivity index (χ4n) is 7.52. The van der Waals surface area contributed by atoms with Crippen molar-refractivity contribution in [1.82, 2.24) is 42.5 Å². The minimum atomic E-state index is -1.39. The number of rotatable bonds is 68. The predicted molar refractivity (Wildman–Crippen MR) is 326 cm³/mol. The van der Waals surface area contributed by atoms with Gasteiger partial charge in [-0.2, -0.15) is 0 Å². The zero-order valence-electron chi connectivity index (χ0n) is 53.7. The van der Waals surface area contributed by atoms with Gasteiger partial charge in [0.15, 0.2) is 0 Å². The van der Waals surface area contributed by atoms with Crippen molar-refractivity contribution < 1.29 is 136 Å². The Morgan fingerprint density at radius 2 is 0.387 bits per heavy atom. The number of carbonyl (C=O) groups is 8. The standard InChI is InChI=1S/C57H108N8O28/c66-17-9-58-49(74)1-25-82-33-45(90-29-5-53(78)62-13-21-70)37-86-41-57(42-87-38-46(91-30-6-54(79)63-14-22-71)34-83-26-2-50(75)59-10-18-67,43-88-39-47(92-31-7-55(80)64-15-23-72)35-84-27-3-51(76)60-11-19-68)44-89-40-48(93-32-8-56(81)65-16-24-73)36-85-28-4-52(77)61-12-20-69/h45-48,66-73H,1-44H2,(H,58,74)(H,59,75)(H,60,76)(H,61,77)(H,62,78)(H,63,79)(H,64,80)(H,65,81). The average Bonchev–Trinajstić information content (AvgIpc) is 1.29. The largest absolute Gasteiger partial charge is 0.395 e. The molecule has 36 heteroatoms. The van der Waals surface area contributed by atoms with Crippen molar-refractivity contribution in [1.29, 1.82) is 0 Å². The third-order valence-electron chi connectivity index (χ3n) is 12.2. The van der Waals surface area contributed by atoms with E-state index in [2.05, 4.69) is 42.5 Å². The molecule has 0 heterocycles. The average molecular weight is 1350 g/mol. The zero-order chi connectivity index (χ0) is 68.7. The number of carbonyl (C=O) groups excluding carboxylic acids is 8. The summed E-state index contributed by atoms with van der Waals surface area (Å²) >= 11 is 0. The molecule has 0 aliphatic heterocycles. The molecule has 4 unspecified atom stereocenters. The van der Waals surface area contributed by atoms with E-state index < -0.39 is 53.5 Å². The van der Waals surface area contributed by atoms with E-state index in [-0.39, 0.29) is 312 Å². The Morgan fingerprint density at radius 3 is 0.548 bits per heavy atom. The quantitative estimate of drug-likeness (QED) is 0.0252. The second-order valence-electron chi connectivity index (χ2n) is 20.4. The molecule has 16 N–H and O–H groups in total. The highest BCUT2D eigenvalue weighted by Gasteiger charge is 2.35. The molecular formula is C57H108N8O28. The van der Waals surface area contributed by atoms with Crippen molar-refractivity contribution in [2.24, 2.45) is 5.41 Å². The van der Waals surface area contributed by atoms with Gasteiger partial charge in [-0.15, -0.1) is 0 Å². The van der Waals surface area contributed by atoms with E-state index in [0.717, 1.165) is 0 Å². The fourth-order valence-corrected chi connectivity index (χ4v) is 7.52. The van der Waals surface area contributed by atoms with Crippen molar-refractivity contribution in [3.05, 3.63) is 0 Å². The molecule has 0 rings (SSSR count). The summed E-state index contributed by atoms with van der Waals surface area (Å²) < 4.78 is 73.3. The second-order valence-corrected chi connectivity index (χ2v) is 20.4. The van der Waals surface area contributed by atoms with Crippen LogP contribution < -0.4 is 42.5 Å². The molecule has 0 aromatic heterocycles. The van der Waals surface area contributed by atoms with Crippen LogP contribution in [0.4, 0.5) is 0 Å². The highest BCUT2D eigenvalue weighted by atomic mass is 16.6. The molecular weight excluding hydrogens is 1240 g/mol. The summed E-state index contributed by atoms with van der Waals surface area (Å²) in [6.45, 7) is -5.54. The molecule has 0 aliphatic rings. The van der Waals surface area contributed by atoms with Gasteiger partial charge in [-0.1, -0.05) is 0 Å². The van der Waals surface area contributed by atoms with E-state index in [1.807, 2.05) is 0 Å². The number of hydrogen-bond acceptors (Lipinski definition) is 28. The summed E-state index contributed by atoms with van der Waals surface area (Å²) in [7, 11) is 0. The molecule has 0 saturated heterocycles. The Morgan fingerprint density at radius 1 is 0.237 bits per heavy atom. The molecule has 8 amide bonds. The van der Waals surface area contributed by atoms with Gasteiger partial charge in [-0.05, 0) is 0 Å². The Bertz CT molecular complexity index is 1650. The third kappa shape index (κ3) is 54.9. The molecule has 93 heavy (non-hydrogen) atoms. The summed E-state index contributed by atoms with van der Waals surface area (Å²) in [6.07, 6.45) is -4.33. The third-order valence-corrected chi connectivity index (χ3v) is 12.2. The van der Waals surface area contributed by atoms with E-state index in [1.165, 1.54) is 0 Å². The number of amides is 8. The summed E-state index contributed by atoms with van der Waals surface area (Å²) in [4.78, 5) is 99.3. The van der Waals surface area contributed by atoms with Crippen LogP contribution in [-0.4, -0.2) is 350 Å². The van der Waals surface area contributed by atoms with Crippen LogP contribution in [-0.2, 0) is 95.2 Å². The number of aliphatic hydroxyl groups excluding tert-OH is 8. The van der Waals surface area contributed by atoms with Crippen molar-refractivity contribution in [3.8, 4) is 0 Å². The van der Waals surface area contributed by atoms with Crippen LogP contribution >= 0.6 is 0 Å². The molecule has 0 bridgehead atoms. The Kier molecular flexibility index (Phi) is 59.6. The number of hydrogen-bond donors (Lipinski definition) is 16. The van der Waals surface area contributed by atoms with Gasteiger partial charge in [-0.3, -0.25) is 38.4 Å². The number of aliphatic hydroxyl groups is 8. The van der Waals surface area contributed by atoms with Gasteiger partial charge in [0.25, 0.3) is 0 Å². The normalized spacial score (nSPS) is 13.2. The first-order valence-corrected chi connectivity index (χ1v) is 31.2. The van der Waals surface area contributed by atoms with Crippen molar-refractivity contribution >= 4 is 47.3 Å². The lowest BCUT2D eigenvalue weighted by atomic mass is 9.92. The first-order valence-electron chi connectivity index (χ1n) is 31.2.